The van der Waals surface area contributed by atoms with Crippen LogP contribution in [0, 0.1) is 6.92 Å². The van der Waals surface area contributed by atoms with Crippen molar-refractivity contribution in [1.29, 1.82) is 0 Å². The molecule has 0 amide bonds. The van der Waals surface area contributed by atoms with Crippen molar-refractivity contribution in [3.63, 3.8) is 0 Å². The topological polar surface area (TPSA) is 85.5 Å². The molecular formula is C18H17NO5. The number of Topliss-reactive ketones (excluding diaryl/α,β-unsaturated/α-hetero) is 1. The Kier molecular flexibility index (Phi) is 4.20. The van der Waals surface area contributed by atoms with Gasteiger partial charge in [-0.2, -0.15) is 0 Å². The molecule has 0 spiro atoms. The first kappa shape index (κ1) is 16.0. The molecule has 1 saturated heterocycles. The number of rotatable bonds is 4. The van der Waals surface area contributed by atoms with Gasteiger partial charge in [0, 0.05) is 24.5 Å². The second-order valence-corrected chi connectivity index (χ2v) is 5.70. The Morgan fingerprint density at radius 2 is 2.08 bits per heavy atom. The molecule has 1 fully saturated rings. The van der Waals surface area contributed by atoms with Gasteiger partial charge in [-0.25, -0.2) is 0 Å². The predicted octanol–water partition coefficient (Wildman–Crippen LogP) is 2.25. The molecule has 1 atom stereocenters. The van der Waals surface area contributed by atoms with Crippen LogP contribution in [-0.4, -0.2) is 30.0 Å². The normalized spacial score (nSPS) is 16.8. The number of nitrogens with one attached hydrogen (secondary N) is 1. The summed E-state index contributed by atoms with van der Waals surface area (Å²) in [5.41, 5.74) is 2.08. The minimum Gasteiger partial charge on any atom is -0.495 e. The Balaban J connectivity index is 2.08. The average molecular weight is 327 g/mol. The molecule has 1 N–H and O–H groups in total. The van der Waals surface area contributed by atoms with Crippen LogP contribution in [0.15, 0.2) is 35.1 Å². The fourth-order valence-electron chi connectivity index (χ4n) is 2.87. The number of pyridine rings is 1. The van der Waals surface area contributed by atoms with E-state index in [0.29, 0.717) is 29.0 Å². The smallest absolute Gasteiger partial charge is 0.306 e. The molecule has 1 aromatic heterocycles. The van der Waals surface area contributed by atoms with Crippen molar-refractivity contribution < 1.29 is 19.1 Å². The second kappa shape index (κ2) is 6.31. The number of carbonyl (C=O) groups is 2. The molecule has 0 saturated carbocycles. The van der Waals surface area contributed by atoms with Gasteiger partial charge in [0.1, 0.15) is 5.75 Å². The fourth-order valence-corrected chi connectivity index (χ4v) is 2.87. The number of aryl methyl sites for hydroxylation is 1. The molecule has 6 nitrogen and oxygen atoms in total. The van der Waals surface area contributed by atoms with Crippen LogP contribution >= 0.6 is 0 Å². The Hall–Kier alpha value is -2.89. The molecule has 1 aliphatic rings. The van der Waals surface area contributed by atoms with E-state index in [9.17, 15) is 14.4 Å². The third kappa shape index (κ3) is 2.95. The van der Waals surface area contributed by atoms with Crippen molar-refractivity contribution in [2.75, 3.05) is 7.11 Å². The highest BCUT2D eigenvalue weighted by atomic mass is 16.6. The van der Waals surface area contributed by atoms with Gasteiger partial charge in [0.25, 0.3) is 0 Å². The van der Waals surface area contributed by atoms with Crippen molar-refractivity contribution in [3.05, 3.63) is 51.8 Å². The van der Waals surface area contributed by atoms with Crippen LogP contribution in [0.2, 0.25) is 0 Å². The number of hydrogen-bond donors (Lipinski definition) is 1. The number of esters is 1. The number of ether oxygens (including phenoxy) is 2. The van der Waals surface area contributed by atoms with Crippen molar-refractivity contribution in [3.8, 4) is 17.0 Å². The van der Waals surface area contributed by atoms with Gasteiger partial charge in [-0.05, 0) is 30.7 Å². The lowest BCUT2D eigenvalue weighted by Gasteiger charge is -2.15. The largest absolute Gasteiger partial charge is 0.495 e. The van der Waals surface area contributed by atoms with Crippen LogP contribution in [0.1, 0.15) is 28.8 Å². The molecule has 3 rings (SSSR count). The van der Waals surface area contributed by atoms with Crippen LogP contribution in [0.4, 0.5) is 0 Å². The molecule has 1 unspecified atom stereocenters. The first-order valence-corrected chi connectivity index (χ1v) is 7.61. The maximum atomic E-state index is 12.7. The van der Waals surface area contributed by atoms with E-state index in [1.165, 1.54) is 13.2 Å². The van der Waals surface area contributed by atoms with E-state index in [2.05, 4.69) is 4.98 Å². The molecule has 124 valence electrons. The lowest BCUT2D eigenvalue weighted by molar-refractivity contribution is -0.140. The molecule has 0 radical (unpaired) electrons. The minimum absolute atomic E-state index is 0.228. The quantitative estimate of drug-likeness (QED) is 0.687. The van der Waals surface area contributed by atoms with Crippen LogP contribution in [0.5, 0.6) is 5.75 Å². The number of cyclic esters (lactones) is 1. The molecule has 1 aromatic carbocycles. The lowest BCUT2D eigenvalue weighted by atomic mass is 9.98. The molecule has 24 heavy (non-hydrogen) atoms. The maximum absolute atomic E-state index is 12.7. The van der Waals surface area contributed by atoms with Gasteiger partial charge in [-0.1, -0.05) is 6.07 Å². The van der Waals surface area contributed by atoms with Gasteiger partial charge in [0.15, 0.2) is 6.10 Å². The monoisotopic (exact) mass is 327 g/mol. The van der Waals surface area contributed by atoms with Crippen LogP contribution in [0.3, 0.4) is 0 Å². The maximum Gasteiger partial charge on any atom is 0.306 e. The van der Waals surface area contributed by atoms with Crippen molar-refractivity contribution >= 4 is 11.8 Å². The molecular weight excluding hydrogens is 310 g/mol. The zero-order chi connectivity index (χ0) is 17.3. The Labute approximate surface area is 138 Å². The summed E-state index contributed by atoms with van der Waals surface area (Å²) in [4.78, 5) is 38.4. The lowest BCUT2D eigenvalue weighted by Crippen LogP contribution is -2.21. The number of methoxy groups -OCH3 is 1. The van der Waals surface area contributed by atoms with Gasteiger partial charge >= 0.3 is 5.97 Å². The molecule has 2 heterocycles. The van der Waals surface area contributed by atoms with Crippen molar-refractivity contribution in [1.82, 2.24) is 4.98 Å². The highest BCUT2D eigenvalue weighted by molar-refractivity contribution is 6.05. The number of carbonyl (C=O) groups excluding carboxylic acids is 2. The van der Waals surface area contributed by atoms with Crippen LogP contribution in [0.25, 0.3) is 11.3 Å². The Morgan fingerprint density at radius 1 is 1.29 bits per heavy atom. The van der Waals surface area contributed by atoms with Crippen molar-refractivity contribution in [2.24, 2.45) is 0 Å². The predicted molar refractivity (Wildman–Crippen MR) is 87.2 cm³/mol. The van der Waals surface area contributed by atoms with Gasteiger partial charge in [0.05, 0.1) is 18.4 Å². The molecule has 2 aromatic rings. The zero-order valence-electron chi connectivity index (χ0n) is 13.4. The average Bonchev–Trinajstić information content (AvgIpc) is 2.99. The SMILES string of the molecule is COc1c(C(=O)C2CCC(=O)O2)cccc1-c1cc(C)cc(=O)[nH]1. The number of hydrogen-bond acceptors (Lipinski definition) is 5. The molecule has 0 bridgehead atoms. The summed E-state index contributed by atoms with van der Waals surface area (Å²) in [7, 11) is 1.46. The molecule has 0 aliphatic carbocycles. The third-order valence-corrected chi connectivity index (χ3v) is 3.94. The van der Waals surface area contributed by atoms with E-state index < -0.39 is 6.10 Å². The van der Waals surface area contributed by atoms with E-state index in [1.807, 2.05) is 13.0 Å². The van der Waals surface area contributed by atoms with Crippen LogP contribution < -0.4 is 10.3 Å². The van der Waals surface area contributed by atoms with E-state index in [-0.39, 0.29) is 23.7 Å². The van der Waals surface area contributed by atoms with Crippen molar-refractivity contribution in [2.45, 2.75) is 25.9 Å². The highest BCUT2D eigenvalue weighted by Crippen LogP contribution is 2.34. The number of ketones is 1. The Bertz CT molecular complexity index is 868. The highest BCUT2D eigenvalue weighted by Gasteiger charge is 2.32. The summed E-state index contributed by atoms with van der Waals surface area (Å²) < 4.78 is 10.5. The van der Waals surface area contributed by atoms with E-state index in [1.54, 1.807) is 18.2 Å². The third-order valence-electron chi connectivity index (χ3n) is 3.94. The first-order valence-electron chi connectivity index (χ1n) is 7.61. The number of benzene rings is 1. The standard InChI is InChI=1S/C18H17NO5/c1-10-8-13(19-15(20)9-10)11-4-3-5-12(18(11)23-2)17(22)14-6-7-16(21)24-14/h3-5,8-9,14H,6-7H2,1-2H3,(H,19,20). The summed E-state index contributed by atoms with van der Waals surface area (Å²) in [6.07, 6.45) is -0.172. The van der Waals surface area contributed by atoms with E-state index >= 15 is 0 Å². The number of aromatic amines is 1. The zero-order valence-corrected chi connectivity index (χ0v) is 13.4. The molecule has 1 aliphatic heterocycles. The second-order valence-electron chi connectivity index (χ2n) is 5.70. The number of aromatic nitrogens is 1. The fraction of sp³-hybridized carbons (Fsp3) is 0.278. The Morgan fingerprint density at radius 3 is 2.71 bits per heavy atom. The number of H-pyrrole nitrogens is 1. The van der Waals surface area contributed by atoms with E-state index in [0.717, 1.165) is 5.56 Å². The van der Waals surface area contributed by atoms with Gasteiger partial charge in [-0.15, -0.1) is 0 Å². The number of para-hydroxylation sites is 1. The summed E-state index contributed by atoms with van der Waals surface area (Å²) in [5.74, 6) is -0.312. The van der Waals surface area contributed by atoms with Crippen LogP contribution in [-0.2, 0) is 9.53 Å². The molecule has 6 heteroatoms. The summed E-state index contributed by atoms with van der Waals surface area (Å²) in [5, 5.41) is 0. The van der Waals surface area contributed by atoms with E-state index in [4.69, 9.17) is 9.47 Å². The summed E-state index contributed by atoms with van der Waals surface area (Å²) in [6.45, 7) is 1.82. The summed E-state index contributed by atoms with van der Waals surface area (Å²) >= 11 is 0. The summed E-state index contributed by atoms with van der Waals surface area (Å²) in [6, 6.07) is 8.40. The van der Waals surface area contributed by atoms with Gasteiger partial charge in [0.2, 0.25) is 11.3 Å². The first-order chi connectivity index (χ1) is 11.5. The minimum atomic E-state index is -0.779. The van der Waals surface area contributed by atoms with Gasteiger partial charge in [-0.3, -0.25) is 14.4 Å². The van der Waals surface area contributed by atoms with Gasteiger partial charge < -0.3 is 14.5 Å².